The highest BCUT2D eigenvalue weighted by molar-refractivity contribution is 7.16. The number of nitrogens with zero attached hydrogens (tertiary/aromatic N) is 1. The number of benzene rings is 1. The predicted molar refractivity (Wildman–Crippen MR) is 98.5 cm³/mol. The lowest BCUT2D eigenvalue weighted by Gasteiger charge is -2.23. The minimum atomic E-state index is -0.928. The van der Waals surface area contributed by atoms with E-state index in [0.29, 0.717) is 18.0 Å². The monoisotopic (exact) mass is 356 g/mol. The van der Waals surface area contributed by atoms with Gasteiger partial charge in [0.25, 0.3) is 0 Å². The third kappa shape index (κ3) is 3.79. The van der Waals surface area contributed by atoms with Crippen LogP contribution in [0.15, 0.2) is 42.5 Å². The van der Waals surface area contributed by atoms with Gasteiger partial charge in [-0.15, -0.1) is 11.3 Å². The van der Waals surface area contributed by atoms with Crippen molar-refractivity contribution >= 4 is 28.3 Å². The summed E-state index contributed by atoms with van der Waals surface area (Å²) in [6.07, 6.45) is 5.36. The normalized spacial score (nSPS) is 19.6. The summed E-state index contributed by atoms with van der Waals surface area (Å²) in [7, 11) is 0. The second-order valence-corrected chi connectivity index (χ2v) is 7.08. The number of thiazole rings is 1. The average molecular weight is 356 g/mol. The van der Waals surface area contributed by atoms with Crippen LogP contribution in [0.3, 0.4) is 0 Å². The number of allylic oxidation sites excluding steroid dienone is 2. The number of carboxylic acid groups (broad SMARTS) is 1. The molecule has 3 rings (SSSR count). The van der Waals surface area contributed by atoms with Crippen LogP contribution >= 0.6 is 11.3 Å². The zero-order valence-corrected chi connectivity index (χ0v) is 14.8. The molecule has 130 valence electrons. The number of aliphatic carboxylic acids is 1. The van der Waals surface area contributed by atoms with Gasteiger partial charge in [-0.3, -0.25) is 9.59 Å². The van der Waals surface area contributed by atoms with Gasteiger partial charge in [-0.25, -0.2) is 4.98 Å². The van der Waals surface area contributed by atoms with Crippen molar-refractivity contribution in [3.05, 3.63) is 47.4 Å². The standard InChI is InChI=1S/C19H20N2O3S/c1-2-15-16(12-8-4-3-5-9-12)20-19(25-15)21-17(22)13-10-6-7-11-14(13)18(23)24/h3-9,13-14H,2,10-11H2,1H3,(H,23,24)(H,20,21,22)/t13-,14-/m1/s1. The molecular formula is C19H20N2O3S. The summed E-state index contributed by atoms with van der Waals surface area (Å²) in [6.45, 7) is 2.05. The predicted octanol–water partition coefficient (Wildman–Crippen LogP) is 3.98. The highest BCUT2D eigenvalue weighted by Crippen LogP contribution is 2.33. The maximum atomic E-state index is 12.6. The molecule has 2 aromatic rings. The molecule has 0 saturated heterocycles. The molecule has 25 heavy (non-hydrogen) atoms. The van der Waals surface area contributed by atoms with Crippen molar-refractivity contribution in [2.75, 3.05) is 5.32 Å². The number of hydrogen-bond acceptors (Lipinski definition) is 4. The maximum absolute atomic E-state index is 12.6. The number of aryl methyl sites for hydroxylation is 1. The molecule has 0 aliphatic heterocycles. The molecule has 6 heteroatoms. The van der Waals surface area contributed by atoms with Crippen molar-refractivity contribution in [2.45, 2.75) is 26.2 Å². The molecule has 1 aliphatic rings. The third-order valence-corrected chi connectivity index (χ3v) is 5.50. The Morgan fingerprint density at radius 3 is 2.52 bits per heavy atom. The van der Waals surface area contributed by atoms with Crippen molar-refractivity contribution in [2.24, 2.45) is 11.8 Å². The molecule has 1 aromatic carbocycles. The van der Waals surface area contributed by atoms with Crippen LogP contribution in [0.1, 0.15) is 24.6 Å². The fourth-order valence-electron chi connectivity index (χ4n) is 3.04. The number of carboxylic acids is 1. The Morgan fingerprint density at radius 2 is 1.88 bits per heavy atom. The molecule has 2 atom stereocenters. The van der Waals surface area contributed by atoms with E-state index in [1.54, 1.807) is 0 Å². The van der Waals surface area contributed by atoms with E-state index in [2.05, 4.69) is 17.2 Å². The van der Waals surface area contributed by atoms with Crippen molar-refractivity contribution in [1.82, 2.24) is 4.98 Å². The van der Waals surface area contributed by atoms with Gasteiger partial charge in [0.1, 0.15) is 0 Å². The lowest BCUT2D eigenvalue weighted by atomic mass is 9.82. The van der Waals surface area contributed by atoms with E-state index in [1.807, 2.05) is 42.5 Å². The van der Waals surface area contributed by atoms with Gasteiger partial charge >= 0.3 is 5.97 Å². The summed E-state index contributed by atoms with van der Waals surface area (Å²) in [5.74, 6) is -2.43. The van der Waals surface area contributed by atoms with Crippen LogP contribution in [0.4, 0.5) is 5.13 Å². The molecule has 1 aromatic heterocycles. The van der Waals surface area contributed by atoms with E-state index >= 15 is 0 Å². The largest absolute Gasteiger partial charge is 0.481 e. The van der Waals surface area contributed by atoms with Crippen LogP contribution in [0.2, 0.25) is 0 Å². The molecule has 0 unspecified atom stereocenters. The van der Waals surface area contributed by atoms with Crippen molar-refractivity contribution in [3.63, 3.8) is 0 Å². The summed E-state index contributed by atoms with van der Waals surface area (Å²) in [6, 6.07) is 9.85. The number of nitrogens with one attached hydrogen (secondary N) is 1. The summed E-state index contributed by atoms with van der Waals surface area (Å²) in [4.78, 5) is 29.6. The minimum Gasteiger partial charge on any atom is -0.481 e. The first kappa shape index (κ1) is 17.4. The molecule has 0 radical (unpaired) electrons. The SMILES string of the molecule is CCc1sc(NC(=O)[C@@H]2CC=CC[C@H]2C(=O)O)nc1-c1ccccc1. The van der Waals surface area contributed by atoms with Gasteiger partial charge in [-0.2, -0.15) is 0 Å². The Balaban J connectivity index is 1.81. The van der Waals surface area contributed by atoms with Crippen molar-refractivity contribution < 1.29 is 14.7 Å². The second-order valence-electron chi connectivity index (χ2n) is 5.99. The fourth-order valence-corrected chi connectivity index (χ4v) is 3.97. The van der Waals surface area contributed by atoms with E-state index in [-0.39, 0.29) is 5.91 Å². The van der Waals surface area contributed by atoms with Crippen molar-refractivity contribution in [1.29, 1.82) is 0 Å². The highest BCUT2D eigenvalue weighted by Gasteiger charge is 2.34. The first-order chi connectivity index (χ1) is 12.1. The van der Waals surface area contributed by atoms with Crippen LogP contribution in [0.5, 0.6) is 0 Å². The van der Waals surface area contributed by atoms with Crippen LogP contribution in [-0.4, -0.2) is 22.0 Å². The molecule has 0 saturated carbocycles. The molecule has 1 heterocycles. The number of anilines is 1. The second kappa shape index (κ2) is 7.61. The number of aromatic nitrogens is 1. The van der Waals surface area contributed by atoms with Gasteiger partial charge in [0.2, 0.25) is 5.91 Å². The minimum absolute atomic E-state index is 0.271. The van der Waals surface area contributed by atoms with Gasteiger partial charge in [0.15, 0.2) is 5.13 Å². The quantitative estimate of drug-likeness (QED) is 0.794. The summed E-state index contributed by atoms with van der Waals surface area (Å²) in [5, 5.41) is 12.7. The first-order valence-electron chi connectivity index (χ1n) is 8.34. The fraction of sp³-hybridized carbons (Fsp3) is 0.316. The molecular weight excluding hydrogens is 336 g/mol. The van der Waals surface area contributed by atoms with E-state index in [9.17, 15) is 14.7 Å². The summed E-state index contributed by atoms with van der Waals surface area (Å²) < 4.78 is 0. The highest BCUT2D eigenvalue weighted by atomic mass is 32.1. The molecule has 5 nitrogen and oxygen atoms in total. The molecule has 0 fully saturated rings. The Kier molecular flexibility index (Phi) is 5.28. The van der Waals surface area contributed by atoms with Gasteiger partial charge in [-0.1, -0.05) is 49.4 Å². The van der Waals surface area contributed by atoms with Gasteiger partial charge < -0.3 is 10.4 Å². The number of carbonyl (C=O) groups excluding carboxylic acids is 1. The van der Waals surface area contributed by atoms with E-state index < -0.39 is 17.8 Å². The van der Waals surface area contributed by atoms with Crippen LogP contribution < -0.4 is 5.32 Å². The van der Waals surface area contributed by atoms with Crippen LogP contribution in [0, 0.1) is 11.8 Å². The smallest absolute Gasteiger partial charge is 0.307 e. The van der Waals surface area contributed by atoms with E-state index in [4.69, 9.17) is 0 Å². The number of carbonyl (C=O) groups is 2. The molecule has 0 spiro atoms. The number of hydrogen-bond donors (Lipinski definition) is 2. The molecule has 1 aliphatic carbocycles. The molecule has 2 N–H and O–H groups in total. The van der Waals surface area contributed by atoms with E-state index in [0.717, 1.165) is 22.6 Å². The molecule has 0 bridgehead atoms. The average Bonchev–Trinajstić information content (AvgIpc) is 3.05. The van der Waals surface area contributed by atoms with Crippen LogP contribution in [-0.2, 0) is 16.0 Å². The zero-order valence-electron chi connectivity index (χ0n) is 13.9. The van der Waals surface area contributed by atoms with Gasteiger partial charge in [-0.05, 0) is 19.3 Å². The topological polar surface area (TPSA) is 79.3 Å². The maximum Gasteiger partial charge on any atom is 0.307 e. The Labute approximate surface area is 150 Å². The summed E-state index contributed by atoms with van der Waals surface area (Å²) >= 11 is 1.45. The molecule has 1 amide bonds. The van der Waals surface area contributed by atoms with Gasteiger partial charge in [0, 0.05) is 10.4 Å². The number of amides is 1. The Bertz CT molecular complexity index is 798. The Morgan fingerprint density at radius 1 is 1.20 bits per heavy atom. The first-order valence-corrected chi connectivity index (χ1v) is 9.15. The van der Waals surface area contributed by atoms with Gasteiger partial charge in [0.05, 0.1) is 17.5 Å². The van der Waals surface area contributed by atoms with Crippen LogP contribution in [0.25, 0.3) is 11.3 Å². The summed E-state index contributed by atoms with van der Waals surface area (Å²) in [5.41, 5.74) is 1.89. The Hall–Kier alpha value is -2.47. The number of rotatable bonds is 5. The third-order valence-electron chi connectivity index (χ3n) is 4.38. The lowest BCUT2D eigenvalue weighted by molar-refractivity contribution is -0.146. The zero-order chi connectivity index (χ0) is 17.8. The van der Waals surface area contributed by atoms with Crippen molar-refractivity contribution in [3.8, 4) is 11.3 Å². The van der Waals surface area contributed by atoms with E-state index in [1.165, 1.54) is 11.3 Å². The lowest BCUT2D eigenvalue weighted by Crippen LogP contribution is -2.34.